The molecule has 114 valence electrons. The van der Waals surface area contributed by atoms with E-state index in [1.807, 2.05) is 25.5 Å². The van der Waals surface area contributed by atoms with Crippen molar-refractivity contribution in [3.05, 3.63) is 45.8 Å². The lowest BCUT2D eigenvalue weighted by molar-refractivity contribution is 0.103. The van der Waals surface area contributed by atoms with Crippen LogP contribution in [0.2, 0.25) is 0 Å². The predicted molar refractivity (Wildman–Crippen MR) is 88.4 cm³/mol. The van der Waals surface area contributed by atoms with Gasteiger partial charge in [0.2, 0.25) is 5.78 Å². The maximum atomic E-state index is 12.4. The molecule has 0 radical (unpaired) electrons. The minimum absolute atomic E-state index is 0.0739. The van der Waals surface area contributed by atoms with Crippen LogP contribution in [0.15, 0.2) is 34.1 Å². The molecule has 2 N–H and O–H groups in total. The number of hydrogen-bond donors (Lipinski definition) is 1. The third-order valence-corrected chi connectivity index (χ3v) is 4.32. The summed E-state index contributed by atoms with van der Waals surface area (Å²) < 4.78 is 5.54. The van der Waals surface area contributed by atoms with Gasteiger partial charge in [-0.25, -0.2) is 4.98 Å². The van der Waals surface area contributed by atoms with Crippen molar-refractivity contribution < 1.29 is 9.21 Å². The van der Waals surface area contributed by atoms with Crippen molar-refractivity contribution >= 4 is 34.1 Å². The maximum absolute atomic E-state index is 12.4. The van der Waals surface area contributed by atoms with E-state index in [4.69, 9.17) is 10.2 Å². The van der Waals surface area contributed by atoms with Crippen molar-refractivity contribution in [3.8, 4) is 0 Å². The van der Waals surface area contributed by atoms with E-state index in [0.29, 0.717) is 27.6 Å². The van der Waals surface area contributed by atoms with Gasteiger partial charge in [-0.05, 0) is 44.1 Å². The van der Waals surface area contributed by atoms with Crippen molar-refractivity contribution in [1.82, 2.24) is 9.88 Å². The number of nitrogen functional groups attached to an aromatic ring is 1. The molecule has 0 unspecified atom stereocenters. The normalized spacial score (nSPS) is 11.4. The summed E-state index contributed by atoms with van der Waals surface area (Å²) >= 11 is 1.41. The van der Waals surface area contributed by atoms with Crippen LogP contribution in [0.1, 0.15) is 20.9 Å². The molecule has 3 aromatic heterocycles. The first kappa shape index (κ1) is 14.7. The summed E-state index contributed by atoms with van der Waals surface area (Å²) in [5.41, 5.74) is 8.54. The van der Waals surface area contributed by atoms with Crippen molar-refractivity contribution in [3.63, 3.8) is 0 Å². The molecule has 0 aliphatic carbocycles. The monoisotopic (exact) mass is 315 g/mol. The molecular formula is C16H17N3O2S. The van der Waals surface area contributed by atoms with Crippen LogP contribution in [0, 0.1) is 0 Å². The molecule has 0 amide bonds. The highest BCUT2D eigenvalue weighted by Crippen LogP contribution is 2.28. The highest BCUT2D eigenvalue weighted by Gasteiger charge is 2.17. The second-order valence-corrected chi connectivity index (χ2v) is 6.30. The standard InChI is InChI=1S/C16H17N3O2S/c1-19(2)8-7-10-14-12(21-16(10)17)6-5-11(18-14)15(20)13-4-3-9-22-13/h3-6,9H,7-8,17H2,1-2H3. The van der Waals surface area contributed by atoms with Gasteiger partial charge in [0.25, 0.3) is 0 Å². The number of fused-ring (bicyclic) bond motifs is 1. The van der Waals surface area contributed by atoms with Crippen LogP contribution in [0.25, 0.3) is 11.1 Å². The molecule has 0 saturated heterocycles. The Morgan fingerprint density at radius 3 is 2.86 bits per heavy atom. The number of hydrogen-bond acceptors (Lipinski definition) is 6. The lowest BCUT2D eigenvalue weighted by Crippen LogP contribution is -2.15. The molecule has 3 aromatic rings. The number of pyridine rings is 1. The van der Waals surface area contributed by atoms with Crippen LogP contribution in [-0.2, 0) is 6.42 Å². The highest BCUT2D eigenvalue weighted by molar-refractivity contribution is 7.12. The average Bonchev–Trinajstić information content (AvgIpc) is 3.11. The lowest BCUT2D eigenvalue weighted by Gasteiger charge is -2.08. The summed E-state index contributed by atoms with van der Waals surface area (Å²) in [4.78, 5) is 19.7. The van der Waals surface area contributed by atoms with Gasteiger partial charge in [0.15, 0.2) is 11.5 Å². The number of carbonyl (C=O) groups excluding carboxylic acids is 1. The van der Waals surface area contributed by atoms with Crippen molar-refractivity contribution in [2.75, 3.05) is 26.4 Å². The molecule has 3 rings (SSSR count). The Balaban J connectivity index is 2.01. The third kappa shape index (κ3) is 2.75. The molecule has 0 aliphatic heterocycles. The first-order valence-electron chi connectivity index (χ1n) is 6.97. The van der Waals surface area contributed by atoms with Gasteiger partial charge < -0.3 is 15.1 Å². The Kier molecular flexibility index (Phi) is 3.96. The van der Waals surface area contributed by atoms with E-state index in [0.717, 1.165) is 18.5 Å². The van der Waals surface area contributed by atoms with Gasteiger partial charge in [-0.2, -0.15) is 0 Å². The number of rotatable bonds is 5. The van der Waals surface area contributed by atoms with E-state index in [1.54, 1.807) is 18.2 Å². The van der Waals surface area contributed by atoms with Crippen LogP contribution >= 0.6 is 11.3 Å². The van der Waals surface area contributed by atoms with Gasteiger partial charge in [0.1, 0.15) is 11.2 Å². The molecule has 5 nitrogen and oxygen atoms in total. The zero-order chi connectivity index (χ0) is 15.7. The van der Waals surface area contributed by atoms with Gasteiger partial charge in [0, 0.05) is 12.1 Å². The van der Waals surface area contributed by atoms with Crippen LogP contribution in [0.4, 0.5) is 5.88 Å². The van der Waals surface area contributed by atoms with E-state index in [9.17, 15) is 4.79 Å². The fourth-order valence-corrected chi connectivity index (χ4v) is 2.95. The first-order chi connectivity index (χ1) is 10.6. The number of thiophene rings is 1. The number of nitrogens with two attached hydrogens (primary N) is 1. The van der Waals surface area contributed by atoms with Crippen LogP contribution in [0.5, 0.6) is 0 Å². The largest absolute Gasteiger partial charge is 0.439 e. The van der Waals surface area contributed by atoms with Gasteiger partial charge in [-0.1, -0.05) is 6.07 Å². The highest BCUT2D eigenvalue weighted by atomic mass is 32.1. The number of aromatic nitrogens is 1. The number of ketones is 1. The van der Waals surface area contributed by atoms with E-state index in [-0.39, 0.29) is 5.78 Å². The number of carbonyl (C=O) groups is 1. The molecule has 0 aliphatic rings. The molecule has 0 aromatic carbocycles. The Hall–Kier alpha value is -2.18. The number of anilines is 1. The molecule has 6 heteroatoms. The molecule has 3 heterocycles. The number of nitrogens with zero attached hydrogens (tertiary/aromatic N) is 2. The second-order valence-electron chi connectivity index (χ2n) is 5.35. The van der Waals surface area contributed by atoms with Crippen LogP contribution in [-0.4, -0.2) is 36.3 Å². The SMILES string of the molecule is CN(C)CCc1c(N)oc2ccc(C(=O)c3cccs3)nc12. The van der Waals surface area contributed by atoms with E-state index in [2.05, 4.69) is 9.88 Å². The summed E-state index contributed by atoms with van der Waals surface area (Å²) in [6, 6.07) is 7.10. The van der Waals surface area contributed by atoms with E-state index < -0.39 is 0 Å². The van der Waals surface area contributed by atoms with E-state index in [1.165, 1.54) is 11.3 Å². The molecule has 22 heavy (non-hydrogen) atoms. The first-order valence-corrected chi connectivity index (χ1v) is 7.85. The summed E-state index contributed by atoms with van der Waals surface area (Å²) in [7, 11) is 4.00. The van der Waals surface area contributed by atoms with Gasteiger partial charge in [0.05, 0.1) is 4.88 Å². The smallest absolute Gasteiger partial charge is 0.221 e. The molecule has 0 fully saturated rings. The molecule has 0 spiro atoms. The maximum Gasteiger partial charge on any atom is 0.221 e. The topological polar surface area (TPSA) is 72.4 Å². The molecule has 0 atom stereocenters. The Bertz CT molecular complexity index is 806. The van der Waals surface area contributed by atoms with Crippen molar-refractivity contribution in [2.45, 2.75) is 6.42 Å². The minimum atomic E-state index is -0.0739. The quantitative estimate of drug-likeness (QED) is 0.733. The van der Waals surface area contributed by atoms with Crippen LogP contribution < -0.4 is 5.73 Å². The minimum Gasteiger partial charge on any atom is -0.439 e. The Labute approximate surface area is 132 Å². The summed E-state index contributed by atoms with van der Waals surface area (Å²) in [6.45, 7) is 0.837. The van der Waals surface area contributed by atoms with Gasteiger partial charge in [-0.15, -0.1) is 11.3 Å². The zero-order valence-electron chi connectivity index (χ0n) is 12.5. The lowest BCUT2D eigenvalue weighted by atomic mass is 10.1. The second kappa shape index (κ2) is 5.90. The summed E-state index contributed by atoms with van der Waals surface area (Å²) in [5, 5.41) is 1.88. The summed E-state index contributed by atoms with van der Waals surface area (Å²) in [5.74, 6) is 0.306. The molecule has 0 bridgehead atoms. The van der Waals surface area contributed by atoms with Gasteiger partial charge in [-0.3, -0.25) is 4.79 Å². The Morgan fingerprint density at radius 2 is 2.18 bits per heavy atom. The van der Waals surface area contributed by atoms with Gasteiger partial charge >= 0.3 is 0 Å². The van der Waals surface area contributed by atoms with Crippen molar-refractivity contribution in [2.24, 2.45) is 0 Å². The van der Waals surface area contributed by atoms with Crippen molar-refractivity contribution in [1.29, 1.82) is 0 Å². The molecule has 0 saturated carbocycles. The number of furan rings is 1. The fourth-order valence-electron chi connectivity index (χ4n) is 2.28. The molecular weight excluding hydrogens is 298 g/mol. The average molecular weight is 315 g/mol. The van der Waals surface area contributed by atoms with E-state index >= 15 is 0 Å². The summed E-state index contributed by atoms with van der Waals surface area (Å²) in [6.07, 6.45) is 0.732. The zero-order valence-corrected chi connectivity index (χ0v) is 13.3. The third-order valence-electron chi connectivity index (χ3n) is 3.45. The predicted octanol–water partition coefficient (Wildman–Crippen LogP) is 2.81. The number of likely N-dealkylation sites (N-methyl/N-ethyl adjacent to an activating group) is 1. The van der Waals surface area contributed by atoms with Crippen LogP contribution in [0.3, 0.4) is 0 Å². The fraction of sp³-hybridized carbons (Fsp3) is 0.250. The Morgan fingerprint density at radius 1 is 1.36 bits per heavy atom.